The van der Waals surface area contributed by atoms with Crippen molar-refractivity contribution in [1.29, 1.82) is 0 Å². The molecule has 5 nitrogen and oxygen atoms in total. The molecule has 5 heteroatoms. The van der Waals surface area contributed by atoms with Crippen LogP contribution in [-0.2, 0) is 9.59 Å². The number of benzene rings is 1. The minimum absolute atomic E-state index is 0.0617. The summed E-state index contributed by atoms with van der Waals surface area (Å²) in [6, 6.07) is 10.9. The van der Waals surface area contributed by atoms with Gasteiger partial charge in [-0.3, -0.25) is 9.59 Å². The maximum absolute atomic E-state index is 12.4. The molecule has 27 heavy (non-hydrogen) atoms. The van der Waals surface area contributed by atoms with Crippen LogP contribution in [0.4, 0.5) is 0 Å². The third-order valence-electron chi connectivity index (χ3n) is 6.46. The minimum atomic E-state index is -0.0617. The summed E-state index contributed by atoms with van der Waals surface area (Å²) in [5.74, 6) is 0.639. The van der Waals surface area contributed by atoms with Gasteiger partial charge in [-0.15, -0.1) is 0 Å². The van der Waals surface area contributed by atoms with E-state index >= 15 is 0 Å². The minimum Gasteiger partial charge on any atom is -0.359 e. The molecule has 0 unspecified atom stereocenters. The van der Waals surface area contributed by atoms with Gasteiger partial charge in [0.2, 0.25) is 11.8 Å². The Morgan fingerprint density at radius 3 is 2.48 bits per heavy atom. The lowest BCUT2D eigenvalue weighted by atomic mass is 9.68. The number of carbonyl (C=O) groups is 2. The molecule has 1 N–H and O–H groups in total. The Labute approximate surface area is 163 Å². The van der Waals surface area contributed by atoms with Crippen molar-refractivity contribution in [3.05, 3.63) is 35.9 Å². The molecule has 0 bridgehead atoms. The van der Waals surface area contributed by atoms with E-state index in [4.69, 9.17) is 0 Å². The third-order valence-corrected chi connectivity index (χ3v) is 6.46. The zero-order valence-electron chi connectivity index (χ0n) is 16.7. The second kappa shape index (κ2) is 8.87. The second-order valence-corrected chi connectivity index (χ2v) is 8.19. The molecular formula is C22H33N3O2. The lowest BCUT2D eigenvalue weighted by Gasteiger charge is -2.50. The van der Waals surface area contributed by atoms with Crippen LogP contribution in [-0.4, -0.2) is 61.4 Å². The first-order valence-corrected chi connectivity index (χ1v) is 10.3. The second-order valence-electron chi connectivity index (χ2n) is 8.19. The molecule has 0 aromatic heterocycles. The van der Waals surface area contributed by atoms with Crippen LogP contribution in [0.2, 0.25) is 0 Å². The van der Waals surface area contributed by atoms with Gasteiger partial charge in [0.05, 0.1) is 0 Å². The standard InChI is InChI=1S/C22H33N3O2/c1-3-24-16-19(18-7-5-4-6-8-18)15-22(17-24)11-13-25(14-12-22)21(27)10-9-20(26)23-2/h4-8,19H,3,9-17H2,1-2H3,(H,23,26)/t19-/m1/s1. The average Bonchev–Trinajstić information content (AvgIpc) is 2.72. The number of rotatable bonds is 5. The smallest absolute Gasteiger partial charge is 0.223 e. The van der Waals surface area contributed by atoms with Crippen molar-refractivity contribution in [2.24, 2.45) is 5.41 Å². The topological polar surface area (TPSA) is 52.7 Å². The fourth-order valence-corrected chi connectivity index (χ4v) is 4.79. The summed E-state index contributed by atoms with van der Waals surface area (Å²) in [6.45, 7) is 7.26. The SMILES string of the molecule is CCN1C[C@H](c2ccccc2)CC2(CCN(C(=O)CCC(=O)NC)CC2)C1. The van der Waals surface area contributed by atoms with Gasteiger partial charge >= 0.3 is 0 Å². The van der Waals surface area contributed by atoms with Crippen molar-refractivity contribution in [3.63, 3.8) is 0 Å². The van der Waals surface area contributed by atoms with E-state index in [0.717, 1.165) is 45.6 Å². The molecule has 1 spiro atoms. The Kier molecular flexibility index (Phi) is 6.53. The number of nitrogens with zero attached hydrogens (tertiary/aromatic N) is 2. The number of amides is 2. The molecule has 2 aliphatic heterocycles. The summed E-state index contributed by atoms with van der Waals surface area (Å²) in [4.78, 5) is 28.4. The van der Waals surface area contributed by atoms with Crippen LogP contribution >= 0.6 is 0 Å². The normalized spacial score (nSPS) is 22.6. The molecule has 0 radical (unpaired) electrons. The molecule has 2 amide bonds. The number of carbonyl (C=O) groups excluding carboxylic acids is 2. The number of likely N-dealkylation sites (N-methyl/N-ethyl adjacent to an activating group) is 1. The van der Waals surface area contributed by atoms with E-state index in [1.165, 1.54) is 12.0 Å². The van der Waals surface area contributed by atoms with Gasteiger partial charge in [0, 0.05) is 46.1 Å². The van der Waals surface area contributed by atoms with Gasteiger partial charge in [-0.2, -0.15) is 0 Å². The Morgan fingerprint density at radius 2 is 1.85 bits per heavy atom. The summed E-state index contributed by atoms with van der Waals surface area (Å²) >= 11 is 0. The fourth-order valence-electron chi connectivity index (χ4n) is 4.79. The molecule has 1 aromatic carbocycles. The van der Waals surface area contributed by atoms with E-state index in [9.17, 15) is 9.59 Å². The lowest BCUT2D eigenvalue weighted by Crippen LogP contribution is -2.52. The van der Waals surface area contributed by atoms with E-state index in [2.05, 4.69) is 47.5 Å². The van der Waals surface area contributed by atoms with Gasteiger partial charge in [-0.1, -0.05) is 37.3 Å². The highest BCUT2D eigenvalue weighted by molar-refractivity contribution is 5.83. The highest BCUT2D eigenvalue weighted by atomic mass is 16.2. The summed E-state index contributed by atoms with van der Waals surface area (Å²) in [6.07, 6.45) is 3.96. The summed E-state index contributed by atoms with van der Waals surface area (Å²) in [5.41, 5.74) is 1.76. The summed E-state index contributed by atoms with van der Waals surface area (Å²) < 4.78 is 0. The molecule has 1 atom stereocenters. The van der Waals surface area contributed by atoms with Gasteiger partial charge < -0.3 is 15.1 Å². The van der Waals surface area contributed by atoms with Gasteiger partial charge in [-0.25, -0.2) is 0 Å². The quantitative estimate of drug-likeness (QED) is 0.866. The number of nitrogens with one attached hydrogen (secondary N) is 1. The van der Waals surface area contributed by atoms with Crippen LogP contribution in [0.25, 0.3) is 0 Å². The molecule has 3 rings (SSSR count). The highest BCUT2D eigenvalue weighted by Crippen LogP contribution is 2.45. The summed E-state index contributed by atoms with van der Waals surface area (Å²) in [7, 11) is 1.61. The first-order chi connectivity index (χ1) is 13.0. The molecule has 0 aliphatic carbocycles. The maximum Gasteiger partial charge on any atom is 0.223 e. The third kappa shape index (κ3) is 4.89. The van der Waals surface area contributed by atoms with E-state index in [-0.39, 0.29) is 18.2 Å². The highest BCUT2D eigenvalue weighted by Gasteiger charge is 2.42. The Hall–Kier alpha value is -1.88. The number of likely N-dealkylation sites (tertiary alicyclic amines) is 2. The number of hydrogen-bond acceptors (Lipinski definition) is 3. The molecule has 2 saturated heterocycles. The molecule has 2 aliphatic rings. The van der Waals surface area contributed by atoms with Crippen molar-refractivity contribution >= 4 is 11.8 Å². The van der Waals surface area contributed by atoms with Crippen molar-refractivity contribution in [3.8, 4) is 0 Å². The predicted molar refractivity (Wildman–Crippen MR) is 107 cm³/mol. The molecule has 148 valence electrons. The summed E-state index contributed by atoms with van der Waals surface area (Å²) in [5, 5.41) is 2.59. The predicted octanol–water partition coefficient (Wildman–Crippen LogP) is 2.63. The first kappa shape index (κ1) is 19.9. The van der Waals surface area contributed by atoms with Crippen LogP contribution < -0.4 is 5.32 Å². The maximum atomic E-state index is 12.4. The monoisotopic (exact) mass is 371 g/mol. The van der Waals surface area contributed by atoms with Gasteiger partial charge in [0.1, 0.15) is 0 Å². The van der Waals surface area contributed by atoms with E-state index in [1.807, 2.05) is 4.90 Å². The molecule has 1 aromatic rings. The Balaban J connectivity index is 1.61. The fraction of sp³-hybridized carbons (Fsp3) is 0.636. The van der Waals surface area contributed by atoms with Gasteiger partial charge in [0.15, 0.2) is 0 Å². The number of piperidine rings is 2. The van der Waals surface area contributed by atoms with Crippen molar-refractivity contribution < 1.29 is 9.59 Å². The van der Waals surface area contributed by atoms with Crippen LogP contribution in [0.3, 0.4) is 0 Å². The van der Waals surface area contributed by atoms with Gasteiger partial charge in [-0.05, 0) is 42.7 Å². The van der Waals surface area contributed by atoms with Crippen LogP contribution in [0, 0.1) is 5.41 Å². The Bertz CT molecular complexity index is 638. The van der Waals surface area contributed by atoms with Gasteiger partial charge in [0.25, 0.3) is 0 Å². The van der Waals surface area contributed by atoms with Crippen LogP contribution in [0.5, 0.6) is 0 Å². The Morgan fingerprint density at radius 1 is 1.15 bits per heavy atom. The lowest BCUT2D eigenvalue weighted by molar-refractivity contribution is -0.136. The molecule has 0 saturated carbocycles. The molecule has 2 heterocycles. The van der Waals surface area contributed by atoms with Crippen LogP contribution in [0.1, 0.15) is 50.5 Å². The van der Waals surface area contributed by atoms with Crippen LogP contribution in [0.15, 0.2) is 30.3 Å². The molecular weight excluding hydrogens is 338 g/mol. The van der Waals surface area contributed by atoms with E-state index < -0.39 is 0 Å². The zero-order chi connectivity index (χ0) is 19.3. The van der Waals surface area contributed by atoms with Crippen molar-refractivity contribution in [1.82, 2.24) is 15.1 Å². The van der Waals surface area contributed by atoms with E-state index in [1.54, 1.807) is 7.05 Å². The zero-order valence-corrected chi connectivity index (χ0v) is 16.7. The largest absolute Gasteiger partial charge is 0.359 e. The van der Waals surface area contributed by atoms with E-state index in [0.29, 0.717) is 17.8 Å². The van der Waals surface area contributed by atoms with Crippen molar-refractivity contribution in [2.75, 3.05) is 39.8 Å². The first-order valence-electron chi connectivity index (χ1n) is 10.3. The van der Waals surface area contributed by atoms with Crippen molar-refractivity contribution in [2.45, 2.75) is 44.9 Å². The number of hydrogen-bond donors (Lipinski definition) is 1. The average molecular weight is 372 g/mol. The molecule has 2 fully saturated rings.